The lowest BCUT2D eigenvalue weighted by molar-refractivity contribution is -0.274. The maximum Gasteiger partial charge on any atom is 0.573 e. The number of pyridine rings is 1. The number of nitrogens with zero attached hydrogens (tertiary/aromatic N) is 1. The summed E-state index contributed by atoms with van der Waals surface area (Å²) in [7, 11) is 0. The molecule has 0 aromatic carbocycles. The number of alkyl halides is 3. The second kappa shape index (κ2) is 3.81. The summed E-state index contributed by atoms with van der Waals surface area (Å²) < 4.78 is 39.2. The van der Waals surface area contributed by atoms with E-state index in [-0.39, 0.29) is 17.9 Å². The molecule has 0 bridgehead atoms. The van der Waals surface area contributed by atoms with E-state index in [2.05, 4.69) is 9.72 Å². The van der Waals surface area contributed by atoms with Crippen molar-refractivity contribution in [3.63, 3.8) is 0 Å². The molecule has 0 amide bonds. The molecule has 84 valence electrons. The van der Waals surface area contributed by atoms with Crippen LogP contribution in [0.2, 0.25) is 0 Å². The summed E-state index contributed by atoms with van der Waals surface area (Å²) in [6, 6.07) is 0.942. The molecular weight excluding hydrogens is 213 g/mol. The molecule has 15 heavy (non-hydrogen) atoms. The van der Waals surface area contributed by atoms with Crippen molar-refractivity contribution in [1.82, 2.24) is 4.98 Å². The summed E-state index contributed by atoms with van der Waals surface area (Å²) in [4.78, 5) is 3.58. The first-order valence-electron chi connectivity index (χ1n) is 3.84. The Hall–Kier alpha value is -1.70. The highest BCUT2D eigenvalue weighted by Gasteiger charge is 2.32. The van der Waals surface area contributed by atoms with Crippen LogP contribution in [0.4, 0.5) is 24.7 Å². The molecule has 0 atom stereocenters. The van der Waals surface area contributed by atoms with Crippen LogP contribution in [0.15, 0.2) is 6.07 Å². The molecule has 1 aromatic heterocycles. The van der Waals surface area contributed by atoms with E-state index in [0.29, 0.717) is 0 Å². The molecule has 8 heteroatoms. The van der Waals surface area contributed by atoms with E-state index in [4.69, 9.17) is 17.2 Å². The zero-order chi connectivity index (χ0) is 11.6. The van der Waals surface area contributed by atoms with E-state index in [9.17, 15) is 13.2 Å². The van der Waals surface area contributed by atoms with Gasteiger partial charge in [0.2, 0.25) is 0 Å². The number of hydrogen-bond acceptors (Lipinski definition) is 5. The second-order valence-electron chi connectivity index (χ2n) is 2.66. The number of anilines is 2. The molecule has 0 spiro atoms. The monoisotopic (exact) mass is 222 g/mol. The van der Waals surface area contributed by atoms with Crippen LogP contribution in [0, 0.1) is 0 Å². The van der Waals surface area contributed by atoms with Crippen LogP contribution < -0.4 is 21.9 Å². The standard InChI is InChI=1S/C7H9F3N4O/c8-7(9,10)15-5-1-3(12)4(2-11)14-6(5)13/h1H,2,11-12H2,(H2,13,14). The predicted molar refractivity (Wildman–Crippen MR) is 47.6 cm³/mol. The van der Waals surface area contributed by atoms with E-state index in [1.807, 2.05) is 0 Å². The van der Waals surface area contributed by atoms with Gasteiger partial charge < -0.3 is 21.9 Å². The van der Waals surface area contributed by atoms with E-state index >= 15 is 0 Å². The van der Waals surface area contributed by atoms with Crippen LogP contribution in [-0.2, 0) is 6.54 Å². The van der Waals surface area contributed by atoms with Gasteiger partial charge in [0, 0.05) is 12.6 Å². The maximum absolute atomic E-state index is 11.9. The Morgan fingerprint density at radius 2 is 1.93 bits per heavy atom. The lowest BCUT2D eigenvalue weighted by Gasteiger charge is -2.12. The molecule has 1 rings (SSSR count). The van der Waals surface area contributed by atoms with Crippen LogP contribution in [0.5, 0.6) is 5.75 Å². The van der Waals surface area contributed by atoms with Crippen molar-refractivity contribution in [2.45, 2.75) is 12.9 Å². The number of hydrogen-bond donors (Lipinski definition) is 3. The zero-order valence-electron chi connectivity index (χ0n) is 7.51. The average Bonchev–Trinajstić information content (AvgIpc) is 2.08. The number of halogens is 3. The highest BCUT2D eigenvalue weighted by molar-refractivity contribution is 5.57. The third kappa shape index (κ3) is 2.88. The topological polar surface area (TPSA) is 100 Å². The van der Waals surface area contributed by atoms with E-state index in [0.717, 1.165) is 6.07 Å². The predicted octanol–water partition coefficient (Wildman–Crippen LogP) is 0.603. The molecule has 1 aromatic rings. The van der Waals surface area contributed by atoms with Crippen LogP contribution in [0.3, 0.4) is 0 Å². The van der Waals surface area contributed by atoms with Crippen molar-refractivity contribution in [3.05, 3.63) is 11.8 Å². The summed E-state index contributed by atoms with van der Waals surface area (Å²) in [5, 5.41) is 0. The average molecular weight is 222 g/mol. The number of nitrogen functional groups attached to an aromatic ring is 2. The summed E-state index contributed by atoms with van der Waals surface area (Å²) in [5.74, 6) is -1.03. The molecule has 0 saturated carbocycles. The smallest absolute Gasteiger partial charge is 0.402 e. The Kier molecular flexibility index (Phi) is 2.89. The summed E-state index contributed by atoms with van der Waals surface area (Å²) in [6.07, 6.45) is -4.83. The Bertz CT molecular complexity index is 366. The van der Waals surface area contributed by atoms with Crippen molar-refractivity contribution < 1.29 is 17.9 Å². The highest BCUT2D eigenvalue weighted by atomic mass is 19.4. The Morgan fingerprint density at radius 3 is 2.40 bits per heavy atom. The van der Waals surface area contributed by atoms with Gasteiger partial charge in [0.15, 0.2) is 11.6 Å². The van der Waals surface area contributed by atoms with Gasteiger partial charge in [-0.15, -0.1) is 13.2 Å². The van der Waals surface area contributed by atoms with E-state index < -0.39 is 17.9 Å². The molecule has 0 fully saturated rings. The molecule has 1 heterocycles. The van der Waals surface area contributed by atoms with Gasteiger partial charge >= 0.3 is 6.36 Å². The minimum absolute atomic E-state index is 0.00551. The summed E-state index contributed by atoms with van der Waals surface area (Å²) in [5.41, 5.74) is 16.1. The fraction of sp³-hybridized carbons (Fsp3) is 0.286. The van der Waals surface area contributed by atoms with Crippen LogP contribution in [0.1, 0.15) is 5.69 Å². The van der Waals surface area contributed by atoms with Crippen LogP contribution in [-0.4, -0.2) is 11.3 Å². The zero-order valence-corrected chi connectivity index (χ0v) is 7.51. The molecule has 5 nitrogen and oxygen atoms in total. The van der Waals surface area contributed by atoms with Crippen molar-refractivity contribution in [3.8, 4) is 5.75 Å². The molecule has 0 unspecified atom stereocenters. The van der Waals surface area contributed by atoms with Crippen molar-refractivity contribution >= 4 is 11.5 Å². The quantitative estimate of drug-likeness (QED) is 0.680. The van der Waals surface area contributed by atoms with E-state index in [1.165, 1.54) is 0 Å². The van der Waals surface area contributed by atoms with Gasteiger partial charge in [-0.1, -0.05) is 0 Å². The first-order valence-corrected chi connectivity index (χ1v) is 3.84. The molecule has 0 saturated heterocycles. The van der Waals surface area contributed by atoms with Gasteiger partial charge in [0.1, 0.15) is 0 Å². The second-order valence-corrected chi connectivity index (χ2v) is 2.66. The minimum atomic E-state index is -4.83. The van der Waals surface area contributed by atoms with Crippen molar-refractivity contribution in [2.75, 3.05) is 11.5 Å². The molecule has 0 radical (unpaired) electrons. The number of rotatable bonds is 2. The maximum atomic E-state index is 11.9. The lowest BCUT2D eigenvalue weighted by Crippen LogP contribution is -2.19. The normalized spacial score (nSPS) is 11.5. The molecule has 0 aliphatic carbocycles. The Labute approximate surface area is 83.0 Å². The Morgan fingerprint density at radius 1 is 1.33 bits per heavy atom. The number of aromatic nitrogens is 1. The number of ether oxygens (including phenoxy) is 1. The van der Waals surface area contributed by atoms with Crippen molar-refractivity contribution in [1.29, 1.82) is 0 Å². The summed E-state index contributed by atoms with van der Waals surface area (Å²) >= 11 is 0. The molecule has 6 N–H and O–H groups in total. The first-order chi connectivity index (χ1) is 6.83. The van der Waals surface area contributed by atoms with Crippen LogP contribution in [0.25, 0.3) is 0 Å². The van der Waals surface area contributed by atoms with Gasteiger partial charge in [-0.3, -0.25) is 0 Å². The van der Waals surface area contributed by atoms with Gasteiger partial charge in [-0.05, 0) is 0 Å². The lowest BCUT2D eigenvalue weighted by atomic mass is 10.3. The molecular formula is C7H9F3N4O. The SMILES string of the molecule is NCc1nc(N)c(OC(F)(F)F)cc1N. The van der Waals surface area contributed by atoms with Gasteiger partial charge in [-0.2, -0.15) is 0 Å². The van der Waals surface area contributed by atoms with E-state index in [1.54, 1.807) is 0 Å². The molecule has 0 aliphatic heterocycles. The minimum Gasteiger partial charge on any atom is -0.402 e. The largest absolute Gasteiger partial charge is 0.573 e. The third-order valence-electron chi connectivity index (χ3n) is 1.55. The first kappa shape index (κ1) is 11.4. The van der Waals surface area contributed by atoms with Gasteiger partial charge in [0.25, 0.3) is 0 Å². The summed E-state index contributed by atoms with van der Waals surface area (Å²) in [6.45, 7) is -0.0116. The fourth-order valence-electron chi connectivity index (χ4n) is 0.933. The fourth-order valence-corrected chi connectivity index (χ4v) is 0.933. The Balaban J connectivity index is 3.05. The van der Waals surface area contributed by atoms with Gasteiger partial charge in [0.05, 0.1) is 11.4 Å². The highest BCUT2D eigenvalue weighted by Crippen LogP contribution is 2.29. The third-order valence-corrected chi connectivity index (χ3v) is 1.55. The van der Waals surface area contributed by atoms with Crippen molar-refractivity contribution in [2.24, 2.45) is 5.73 Å². The van der Waals surface area contributed by atoms with Gasteiger partial charge in [-0.25, -0.2) is 4.98 Å². The number of nitrogens with two attached hydrogens (primary N) is 3. The van der Waals surface area contributed by atoms with Crippen LogP contribution >= 0.6 is 0 Å². The molecule has 0 aliphatic rings.